The standard InChI is InChI=1S/C22H21ClN4O2S/c1-2-5-18-21(29)26-20-16-6-3-4-7-17(16)25-22(27(18)20)30-13-19(28)24-12-14-8-10-15(23)11-9-14/h3-4,6-11,18H,2,5,12-13H2,1H3,(H,24,28). The van der Waals surface area contributed by atoms with Crippen molar-refractivity contribution in [2.75, 3.05) is 5.75 Å². The smallest absolute Gasteiger partial charge is 0.270 e. The van der Waals surface area contributed by atoms with Crippen LogP contribution in [0.25, 0.3) is 0 Å². The van der Waals surface area contributed by atoms with Crippen LogP contribution >= 0.6 is 23.4 Å². The molecular formula is C22H21ClN4O2S. The van der Waals surface area contributed by atoms with Crippen molar-refractivity contribution in [2.24, 2.45) is 9.98 Å². The Bertz CT molecular complexity index is 1040. The average Bonchev–Trinajstić information content (AvgIpc) is 3.08. The normalized spacial score (nSPS) is 17.2. The van der Waals surface area contributed by atoms with Gasteiger partial charge in [0.1, 0.15) is 11.9 Å². The number of aliphatic imine (C=N–C) groups is 2. The van der Waals surface area contributed by atoms with Crippen LogP contribution in [0, 0.1) is 0 Å². The molecule has 2 aliphatic heterocycles. The molecule has 30 heavy (non-hydrogen) atoms. The monoisotopic (exact) mass is 440 g/mol. The average molecular weight is 441 g/mol. The SMILES string of the molecule is CCCC1C(=O)N=C2c3ccccc3N=C(SCC(=O)NCc3ccc(Cl)cc3)N21. The fourth-order valence-electron chi connectivity index (χ4n) is 3.43. The Balaban J connectivity index is 1.47. The first-order valence-corrected chi connectivity index (χ1v) is 11.2. The lowest BCUT2D eigenvalue weighted by Gasteiger charge is -2.30. The molecule has 2 aromatic rings. The van der Waals surface area contributed by atoms with Crippen LogP contribution in [0.3, 0.4) is 0 Å². The third kappa shape index (κ3) is 4.27. The maximum absolute atomic E-state index is 12.5. The van der Waals surface area contributed by atoms with Gasteiger partial charge in [0.15, 0.2) is 5.17 Å². The molecule has 8 heteroatoms. The van der Waals surface area contributed by atoms with E-state index in [2.05, 4.69) is 10.3 Å². The lowest BCUT2D eigenvalue weighted by molar-refractivity contribution is -0.120. The summed E-state index contributed by atoms with van der Waals surface area (Å²) in [7, 11) is 0. The second-order valence-electron chi connectivity index (χ2n) is 7.05. The number of hydrogen-bond donors (Lipinski definition) is 1. The molecule has 2 aromatic carbocycles. The highest BCUT2D eigenvalue weighted by atomic mass is 35.5. The molecule has 154 valence electrons. The van der Waals surface area contributed by atoms with Crippen LogP contribution in [0.1, 0.15) is 30.9 Å². The van der Waals surface area contributed by atoms with Crippen molar-refractivity contribution >= 4 is 51.9 Å². The van der Waals surface area contributed by atoms with Crippen LogP contribution in [-0.2, 0) is 16.1 Å². The molecule has 0 radical (unpaired) electrons. The number of nitrogens with one attached hydrogen (secondary N) is 1. The summed E-state index contributed by atoms with van der Waals surface area (Å²) in [6, 6.07) is 14.6. The Kier molecular flexibility index (Phi) is 6.20. The van der Waals surface area contributed by atoms with E-state index in [1.165, 1.54) is 11.8 Å². The zero-order valence-corrected chi connectivity index (χ0v) is 18.0. The van der Waals surface area contributed by atoms with Crippen LogP contribution < -0.4 is 5.32 Å². The molecule has 0 saturated carbocycles. The predicted molar refractivity (Wildman–Crippen MR) is 121 cm³/mol. The van der Waals surface area contributed by atoms with Gasteiger partial charge in [-0.1, -0.05) is 61.0 Å². The van der Waals surface area contributed by atoms with Gasteiger partial charge >= 0.3 is 0 Å². The predicted octanol–water partition coefficient (Wildman–Crippen LogP) is 4.15. The summed E-state index contributed by atoms with van der Waals surface area (Å²) in [4.78, 5) is 35.9. The van der Waals surface area contributed by atoms with Gasteiger partial charge in [0.25, 0.3) is 5.91 Å². The number of amides is 2. The summed E-state index contributed by atoms with van der Waals surface area (Å²) in [6.45, 7) is 2.47. The van der Waals surface area contributed by atoms with E-state index in [0.29, 0.717) is 29.0 Å². The molecule has 0 bridgehead atoms. The van der Waals surface area contributed by atoms with Gasteiger partial charge in [-0.3, -0.25) is 14.5 Å². The van der Waals surface area contributed by atoms with E-state index in [9.17, 15) is 9.59 Å². The molecule has 1 unspecified atom stereocenters. The third-order valence-electron chi connectivity index (χ3n) is 4.91. The molecule has 4 rings (SSSR count). The van der Waals surface area contributed by atoms with Gasteiger partial charge in [0, 0.05) is 17.1 Å². The van der Waals surface area contributed by atoms with E-state index < -0.39 is 0 Å². The van der Waals surface area contributed by atoms with E-state index in [1.54, 1.807) is 12.1 Å². The highest BCUT2D eigenvalue weighted by Crippen LogP contribution is 2.35. The summed E-state index contributed by atoms with van der Waals surface area (Å²) in [5.74, 6) is 0.579. The number of para-hydroxylation sites is 1. The summed E-state index contributed by atoms with van der Waals surface area (Å²) >= 11 is 7.22. The molecular weight excluding hydrogens is 420 g/mol. The van der Waals surface area contributed by atoms with Crippen LogP contribution in [0.15, 0.2) is 58.5 Å². The fourth-order valence-corrected chi connectivity index (χ4v) is 4.44. The summed E-state index contributed by atoms with van der Waals surface area (Å²) in [5, 5.41) is 4.21. The molecule has 1 N–H and O–H groups in total. The topological polar surface area (TPSA) is 74.1 Å². The maximum Gasteiger partial charge on any atom is 0.270 e. The number of carbonyl (C=O) groups is 2. The van der Waals surface area contributed by atoms with Gasteiger partial charge in [-0.2, -0.15) is 4.99 Å². The number of benzene rings is 2. The van der Waals surface area contributed by atoms with Crippen molar-refractivity contribution in [1.29, 1.82) is 0 Å². The zero-order valence-electron chi connectivity index (χ0n) is 16.5. The van der Waals surface area contributed by atoms with E-state index in [0.717, 1.165) is 23.2 Å². The number of hydrogen-bond acceptors (Lipinski definition) is 5. The van der Waals surface area contributed by atoms with E-state index >= 15 is 0 Å². The molecule has 1 atom stereocenters. The molecule has 0 aliphatic carbocycles. The van der Waals surface area contributed by atoms with Crippen molar-refractivity contribution in [3.63, 3.8) is 0 Å². The Morgan fingerprint density at radius 1 is 1.17 bits per heavy atom. The van der Waals surface area contributed by atoms with Crippen LogP contribution in [0.4, 0.5) is 5.69 Å². The minimum absolute atomic E-state index is 0.104. The van der Waals surface area contributed by atoms with E-state index in [1.807, 2.05) is 48.2 Å². The first-order valence-electron chi connectivity index (χ1n) is 9.80. The quantitative estimate of drug-likeness (QED) is 0.732. The molecule has 2 aliphatic rings. The molecule has 0 saturated heterocycles. The largest absolute Gasteiger partial charge is 0.351 e. The van der Waals surface area contributed by atoms with E-state index in [-0.39, 0.29) is 23.6 Å². The molecule has 0 spiro atoms. The first kappa shape index (κ1) is 20.6. The zero-order chi connectivity index (χ0) is 21.1. The first-order chi connectivity index (χ1) is 14.6. The van der Waals surface area contributed by atoms with Crippen molar-refractivity contribution in [3.8, 4) is 0 Å². The van der Waals surface area contributed by atoms with Gasteiger partial charge in [-0.05, 0) is 36.2 Å². The van der Waals surface area contributed by atoms with Crippen molar-refractivity contribution in [2.45, 2.75) is 32.4 Å². The molecule has 0 fully saturated rings. The molecule has 0 aromatic heterocycles. The summed E-state index contributed by atoms with van der Waals surface area (Å²) < 4.78 is 0. The second kappa shape index (κ2) is 9.02. The minimum atomic E-state index is -0.360. The Morgan fingerprint density at radius 2 is 1.93 bits per heavy atom. The lowest BCUT2D eigenvalue weighted by atomic mass is 10.1. The summed E-state index contributed by atoms with van der Waals surface area (Å²) in [6.07, 6.45) is 1.55. The second-order valence-corrected chi connectivity index (χ2v) is 8.43. The fraction of sp³-hybridized carbons (Fsp3) is 0.273. The number of amidine groups is 2. The number of carbonyl (C=O) groups excluding carboxylic acids is 2. The Labute approximate surface area is 184 Å². The van der Waals surface area contributed by atoms with Crippen molar-refractivity contribution < 1.29 is 9.59 Å². The minimum Gasteiger partial charge on any atom is -0.351 e. The number of halogens is 1. The van der Waals surface area contributed by atoms with Crippen molar-refractivity contribution in [3.05, 3.63) is 64.7 Å². The third-order valence-corrected chi connectivity index (χ3v) is 6.11. The van der Waals surface area contributed by atoms with Gasteiger partial charge in [-0.25, -0.2) is 4.99 Å². The lowest BCUT2D eigenvalue weighted by Crippen LogP contribution is -2.44. The molecule has 2 amide bonds. The number of nitrogens with zero attached hydrogens (tertiary/aromatic N) is 3. The van der Waals surface area contributed by atoms with Gasteiger partial charge in [-0.15, -0.1) is 0 Å². The van der Waals surface area contributed by atoms with Crippen LogP contribution in [0.2, 0.25) is 5.02 Å². The van der Waals surface area contributed by atoms with Crippen LogP contribution in [-0.4, -0.2) is 39.5 Å². The van der Waals surface area contributed by atoms with Crippen molar-refractivity contribution in [1.82, 2.24) is 10.2 Å². The Hall–Kier alpha value is -2.64. The number of rotatable bonds is 6. The number of fused-ring (bicyclic) bond motifs is 3. The van der Waals surface area contributed by atoms with Gasteiger partial charge in [0.05, 0.1) is 11.4 Å². The number of thioether (sulfide) groups is 1. The highest BCUT2D eigenvalue weighted by Gasteiger charge is 2.41. The van der Waals surface area contributed by atoms with Crippen LogP contribution in [0.5, 0.6) is 0 Å². The molecule has 2 heterocycles. The highest BCUT2D eigenvalue weighted by molar-refractivity contribution is 8.14. The van der Waals surface area contributed by atoms with Gasteiger partial charge < -0.3 is 5.32 Å². The maximum atomic E-state index is 12.5. The van der Waals surface area contributed by atoms with E-state index in [4.69, 9.17) is 16.6 Å². The summed E-state index contributed by atoms with van der Waals surface area (Å²) in [5.41, 5.74) is 2.59. The van der Waals surface area contributed by atoms with Gasteiger partial charge in [0.2, 0.25) is 5.91 Å². The molecule has 6 nitrogen and oxygen atoms in total. The Morgan fingerprint density at radius 3 is 2.70 bits per heavy atom.